The zero-order chi connectivity index (χ0) is 9.42. The topological polar surface area (TPSA) is 41.6 Å². The molecule has 2 heterocycles. The Morgan fingerprint density at radius 3 is 2.92 bits per heavy atom. The standard InChI is InChI=1S/C9H10ClN3/c1-3-8-11-5(2)6-4-7(10)12-9(6)13-8/h4H,3H2,1-2H3,(H,11,12,13). The third-order valence-corrected chi connectivity index (χ3v) is 2.21. The number of halogens is 1. The Morgan fingerprint density at radius 1 is 1.46 bits per heavy atom. The predicted octanol–water partition coefficient (Wildman–Crippen LogP) is 2.48. The van der Waals surface area contributed by atoms with Gasteiger partial charge >= 0.3 is 0 Å². The highest BCUT2D eigenvalue weighted by molar-refractivity contribution is 6.30. The summed E-state index contributed by atoms with van der Waals surface area (Å²) in [4.78, 5) is 11.7. The van der Waals surface area contributed by atoms with Crippen LogP contribution in [0, 0.1) is 6.92 Å². The van der Waals surface area contributed by atoms with E-state index >= 15 is 0 Å². The van der Waals surface area contributed by atoms with E-state index < -0.39 is 0 Å². The van der Waals surface area contributed by atoms with Crippen molar-refractivity contribution < 1.29 is 0 Å². The Morgan fingerprint density at radius 2 is 2.23 bits per heavy atom. The number of fused-ring (bicyclic) bond motifs is 1. The Bertz CT molecular complexity index is 447. The molecule has 0 aromatic carbocycles. The number of hydrogen-bond donors (Lipinski definition) is 1. The van der Waals surface area contributed by atoms with Crippen molar-refractivity contribution in [2.75, 3.05) is 0 Å². The first-order valence-electron chi connectivity index (χ1n) is 4.22. The van der Waals surface area contributed by atoms with Gasteiger partial charge in [0.05, 0.1) is 5.69 Å². The van der Waals surface area contributed by atoms with Crippen molar-refractivity contribution in [1.82, 2.24) is 15.0 Å². The van der Waals surface area contributed by atoms with Gasteiger partial charge in [0, 0.05) is 11.8 Å². The summed E-state index contributed by atoms with van der Waals surface area (Å²) < 4.78 is 0. The lowest BCUT2D eigenvalue weighted by Crippen LogP contribution is -1.95. The van der Waals surface area contributed by atoms with E-state index in [0.717, 1.165) is 29.0 Å². The highest BCUT2D eigenvalue weighted by Crippen LogP contribution is 2.19. The fourth-order valence-corrected chi connectivity index (χ4v) is 1.54. The maximum absolute atomic E-state index is 5.83. The lowest BCUT2D eigenvalue weighted by molar-refractivity contribution is 0.937. The van der Waals surface area contributed by atoms with E-state index in [-0.39, 0.29) is 0 Å². The number of aromatic amines is 1. The van der Waals surface area contributed by atoms with Crippen LogP contribution < -0.4 is 0 Å². The van der Waals surface area contributed by atoms with Crippen LogP contribution in [0.4, 0.5) is 0 Å². The molecule has 0 aliphatic carbocycles. The van der Waals surface area contributed by atoms with E-state index in [9.17, 15) is 0 Å². The van der Waals surface area contributed by atoms with E-state index in [4.69, 9.17) is 11.6 Å². The minimum absolute atomic E-state index is 0.612. The highest BCUT2D eigenvalue weighted by Gasteiger charge is 2.05. The first kappa shape index (κ1) is 8.51. The van der Waals surface area contributed by atoms with Crippen molar-refractivity contribution in [3.63, 3.8) is 0 Å². The quantitative estimate of drug-likeness (QED) is 0.760. The number of nitrogens with zero attached hydrogens (tertiary/aromatic N) is 2. The summed E-state index contributed by atoms with van der Waals surface area (Å²) in [5, 5.41) is 1.61. The molecule has 0 aliphatic heterocycles. The summed E-state index contributed by atoms with van der Waals surface area (Å²) in [6.07, 6.45) is 0.841. The Balaban J connectivity index is 2.75. The van der Waals surface area contributed by atoms with Crippen LogP contribution in [0.15, 0.2) is 6.07 Å². The van der Waals surface area contributed by atoms with E-state index in [1.807, 2.05) is 19.9 Å². The normalized spacial score (nSPS) is 11.0. The molecule has 0 radical (unpaired) electrons. The molecule has 0 bridgehead atoms. The van der Waals surface area contributed by atoms with Crippen molar-refractivity contribution in [3.8, 4) is 0 Å². The molecule has 0 saturated carbocycles. The van der Waals surface area contributed by atoms with Gasteiger partial charge in [-0.3, -0.25) is 0 Å². The average Bonchev–Trinajstić information content (AvgIpc) is 2.46. The first-order valence-corrected chi connectivity index (χ1v) is 4.60. The van der Waals surface area contributed by atoms with Crippen LogP contribution in [0.1, 0.15) is 18.4 Å². The number of hydrogen-bond acceptors (Lipinski definition) is 2. The smallest absolute Gasteiger partial charge is 0.142 e. The summed E-state index contributed by atoms with van der Waals surface area (Å²) in [6.45, 7) is 4.00. The summed E-state index contributed by atoms with van der Waals surface area (Å²) in [5.41, 5.74) is 1.80. The molecular weight excluding hydrogens is 186 g/mol. The van der Waals surface area contributed by atoms with Gasteiger partial charge in [-0.15, -0.1) is 0 Å². The second-order valence-corrected chi connectivity index (χ2v) is 3.37. The Labute approximate surface area is 81.2 Å². The van der Waals surface area contributed by atoms with Crippen LogP contribution >= 0.6 is 11.6 Å². The van der Waals surface area contributed by atoms with Crippen molar-refractivity contribution in [3.05, 3.63) is 22.7 Å². The molecule has 2 rings (SSSR count). The number of rotatable bonds is 1. The lowest BCUT2D eigenvalue weighted by atomic mass is 10.3. The average molecular weight is 196 g/mol. The van der Waals surface area contributed by atoms with Crippen LogP contribution in [0.2, 0.25) is 5.15 Å². The van der Waals surface area contributed by atoms with Gasteiger partial charge in [0.25, 0.3) is 0 Å². The number of aromatic nitrogens is 3. The van der Waals surface area contributed by atoms with Crippen LogP contribution in [0.5, 0.6) is 0 Å². The van der Waals surface area contributed by atoms with Crippen LogP contribution in [0.3, 0.4) is 0 Å². The maximum Gasteiger partial charge on any atom is 0.142 e. The molecule has 4 heteroatoms. The summed E-state index contributed by atoms with van der Waals surface area (Å²) >= 11 is 5.83. The van der Waals surface area contributed by atoms with E-state index in [2.05, 4.69) is 15.0 Å². The van der Waals surface area contributed by atoms with Crippen LogP contribution in [-0.2, 0) is 6.42 Å². The van der Waals surface area contributed by atoms with Crippen LogP contribution in [0.25, 0.3) is 11.0 Å². The molecule has 0 aliphatic rings. The maximum atomic E-state index is 5.83. The molecule has 0 amide bonds. The molecule has 68 valence electrons. The number of aryl methyl sites for hydroxylation is 2. The Hall–Kier alpha value is -1.09. The van der Waals surface area contributed by atoms with Gasteiger partial charge in [0.2, 0.25) is 0 Å². The zero-order valence-electron chi connectivity index (χ0n) is 7.56. The monoisotopic (exact) mass is 195 g/mol. The van der Waals surface area contributed by atoms with Gasteiger partial charge in [0.15, 0.2) is 0 Å². The molecule has 0 spiro atoms. The van der Waals surface area contributed by atoms with E-state index in [0.29, 0.717) is 5.15 Å². The van der Waals surface area contributed by atoms with E-state index in [1.165, 1.54) is 0 Å². The number of nitrogens with one attached hydrogen (secondary N) is 1. The summed E-state index contributed by atoms with van der Waals surface area (Å²) in [6, 6.07) is 1.85. The van der Waals surface area contributed by atoms with Crippen molar-refractivity contribution in [2.45, 2.75) is 20.3 Å². The minimum atomic E-state index is 0.612. The Kier molecular flexibility index (Phi) is 1.96. The zero-order valence-corrected chi connectivity index (χ0v) is 8.31. The number of H-pyrrole nitrogens is 1. The van der Waals surface area contributed by atoms with Gasteiger partial charge in [-0.1, -0.05) is 18.5 Å². The van der Waals surface area contributed by atoms with Gasteiger partial charge in [0.1, 0.15) is 16.6 Å². The van der Waals surface area contributed by atoms with Gasteiger partial charge in [-0.25, -0.2) is 9.97 Å². The molecular formula is C9H10ClN3. The minimum Gasteiger partial charge on any atom is -0.330 e. The molecule has 3 nitrogen and oxygen atoms in total. The summed E-state index contributed by atoms with van der Waals surface area (Å²) in [5.74, 6) is 0.850. The molecule has 2 aromatic heterocycles. The second kappa shape index (κ2) is 3.00. The van der Waals surface area contributed by atoms with Gasteiger partial charge in [-0.05, 0) is 13.0 Å². The molecule has 0 saturated heterocycles. The predicted molar refractivity (Wildman–Crippen MR) is 53.0 cm³/mol. The van der Waals surface area contributed by atoms with Crippen molar-refractivity contribution >= 4 is 22.6 Å². The third-order valence-electron chi connectivity index (χ3n) is 2.01. The third kappa shape index (κ3) is 1.40. The van der Waals surface area contributed by atoms with Crippen molar-refractivity contribution in [2.24, 2.45) is 0 Å². The van der Waals surface area contributed by atoms with Crippen LogP contribution in [-0.4, -0.2) is 15.0 Å². The second-order valence-electron chi connectivity index (χ2n) is 2.96. The molecule has 0 unspecified atom stereocenters. The molecule has 2 aromatic rings. The first-order chi connectivity index (χ1) is 6.20. The van der Waals surface area contributed by atoms with Gasteiger partial charge in [-0.2, -0.15) is 0 Å². The SMILES string of the molecule is CCc1nc(C)c2cc(Cl)[nH]c2n1. The molecule has 0 atom stereocenters. The van der Waals surface area contributed by atoms with Crippen molar-refractivity contribution in [1.29, 1.82) is 0 Å². The highest BCUT2D eigenvalue weighted by atomic mass is 35.5. The molecule has 0 fully saturated rings. The fourth-order valence-electron chi connectivity index (χ4n) is 1.34. The van der Waals surface area contributed by atoms with E-state index in [1.54, 1.807) is 0 Å². The molecule has 1 N–H and O–H groups in total. The molecule has 13 heavy (non-hydrogen) atoms. The fraction of sp³-hybridized carbons (Fsp3) is 0.333. The summed E-state index contributed by atoms with van der Waals surface area (Å²) in [7, 11) is 0. The van der Waals surface area contributed by atoms with Gasteiger partial charge < -0.3 is 4.98 Å². The largest absolute Gasteiger partial charge is 0.330 e. The lowest BCUT2D eigenvalue weighted by Gasteiger charge is -1.98.